The Balaban J connectivity index is 3.35. The number of rotatable bonds is 14. The van der Waals surface area contributed by atoms with Crippen LogP contribution in [0.5, 0.6) is 0 Å². The molecule has 0 spiro atoms. The van der Waals surface area contributed by atoms with Gasteiger partial charge in [-0.15, -0.1) is 0 Å². The van der Waals surface area contributed by atoms with Gasteiger partial charge in [-0.3, -0.25) is 9.09 Å². The van der Waals surface area contributed by atoms with Crippen molar-refractivity contribution in [1.29, 1.82) is 0 Å². The van der Waals surface area contributed by atoms with Crippen LogP contribution in [0.2, 0.25) is 0 Å². The van der Waals surface area contributed by atoms with Crippen molar-refractivity contribution in [1.82, 2.24) is 0 Å². The van der Waals surface area contributed by atoms with Crippen molar-refractivity contribution >= 4 is 7.82 Å². The predicted octanol–water partition coefficient (Wildman–Crippen LogP) is 3.62. The highest BCUT2D eigenvalue weighted by molar-refractivity contribution is 7.45. The summed E-state index contributed by atoms with van der Waals surface area (Å²) in [6.45, 7) is 4.55. The van der Waals surface area contributed by atoms with Crippen molar-refractivity contribution in [2.24, 2.45) is 0 Å². The second kappa shape index (κ2) is 13.1. The van der Waals surface area contributed by atoms with Crippen LogP contribution in [0, 0.1) is 0 Å². The summed E-state index contributed by atoms with van der Waals surface area (Å²) in [6.07, 6.45) is 8.68. The number of hydrogen-bond acceptors (Lipinski definition) is 5. The van der Waals surface area contributed by atoms with Gasteiger partial charge >= 0.3 is 0 Å². The van der Waals surface area contributed by atoms with Gasteiger partial charge in [0.2, 0.25) is 0 Å². The highest BCUT2D eigenvalue weighted by Crippen LogP contribution is 2.38. The van der Waals surface area contributed by atoms with E-state index < -0.39 is 7.82 Å². The summed E-state index contributed by atoms with van der Waals surface area (Å²) in [6, 6.07) is 0. The highest BCUT2D eigenvalue weighted by Gasteiger charge is 2.08. The summed E-state index contributed by atoms with van der Waals surface area (Å²) in [4.78, 5) is 11.3. The van der Waals surface area contributed by atoms with Crippen LogP contribution in [0.4, 0.5) is 0 Å². The molecule has 0 rings (SSSR count). The molecular weight excluding hydrogens is 267 g/mol. The number of ether oxygens (including phenoxy) is 1. The van der Waals surface area contributed by atoms with Gasteiger partial charge in [-0.05, 0) is 12.8 Å². The molecule has 1 atom stereocenters. The SMILES string of the molecule is CCCCCCCCCOP(=O)([O-])OCOCCC. The maximum atomic E-state index is 11.3. The smallest absolute Gasteiger partial charge is 0.269 e. The average Bonchev–Trinajstić information content (AvgIpc) is 2.38. The Kier molecular flexibility index (Phi) is 13.1. The largest absolute Gasteiger partial charge is 0.756 e. The molecule has 0 bridgehead atoms. The first-order valence-electron chi connectivity index (χ1n) is 7.30. The Bertz CT molecular complexity index is 235. The lowest BCUT2D eigenvalue weighted by molar-refractivity contribution is -0.233. The zero-order valence-electron chi connectivity index (χ0n) is 12.3. The molecule has 0 fully saturated rings. The monoisotopic (exact) mass is 295 g/mol. The third-order valence-electron chi connectivity index (χ3n) is 2.64. The molecule has 0 aliphatic rings. The number of unbranched alkanes of at least 4 members (excludes halogenated alkanes) is 6. The van der Waals surface area contributed by atoms with Gasteiger partial charge in [0.1, 0.15) is 0 Å². The van der Waals surface area contributed by atoms with Crippen LogP contribution in [0.15, 0.2) is 0 Å². The fourth-order valence-corrected chi connectivity index (χ4v) is 2.21. The first kappa shape index (κ1) is 19.1. The van der Waals surface area contributed by atoms with Gasteiger partial charge in [0.15, 0.2) is 6.79 Å². The van der Waals surface area contributed by atoms with E-state index in [0.717, 1.165) is 25.7 Å². The molecule has 0 aliphatic carbocycles. The molecule has 0 radical (unpaired) electrons. The molecule has 19 heavy (non-hydrogen) atoms. The number of phosphoric acid groups is 1. The van der Waals surface area contributed by atoms with E-state index in [1.54, 1.807) is 0 Å². The van der Waals surface area contributed by atoms with Crippen LogP contribution in [-0.4, -0.2) is 20.0 Å². The molecule has 5 nitrogen and oxygen atoms in total. The summed E-state index contributed by atoms with van der Waals surface area (Å²) in [7, 11) is -4.17. The highest BCUT2D eigenvalue weighted by atomic mass is 31.2. The van der Waals surface area contributed by atoms with Crippen molar-refractivity contribution in [3.63, 3.8) is 0 Å². The average molecular weight is 295 g/mol. The van der Waals surface area contributed by atoms with Gasteiger partial charge in [0.05, 0.1) is 6.61 Å². The Labute approximate surface area is 117 Å². The van der Waals surface area contributed by atoms with Crippen LogP contribution in [0.25, 0.3) is 0 Å². The maximum absolute atomic E-state index is 11.3. The molecule has 0 saturated carbocycles. The van der Waals surface area contributed by atoms with E-state index in [1.165, 1.54) is 25.7 Å². The number of hydrogen-bond donors (Lipinski definition) is 0. The lowest BCUT2D eigenvalue weighted by atomic mass is 10.1. The van der Waals surface area contributed by atoms with Crippen molar-refractivity contribution in [3.05, 3.63) is 0 Å². The van der Waals surface area contributed by atoms with Crippen LogP contribution < -0.4 is 4.89 Å². The van der Waals surface area contributed by atoms with Crippen molar-refractivity contribution in [2.75, 3.05) is 20.0 Å². The summed E-state index contributed by atoms with van der Waals surface area (Å²) < 4.78 is 25.5. The standard InChI is InChI=1S/C13H29O5P/c1-3-5-6-7-8-9-10-12-17-19(14,15)18-13-16-11-4-2/h3-13H2,1-2H3,(H,14,15)/p-1. The zero-order valence-corrected chi connectivity index (χ0v) is 13.2. The maximum Gasteiger partial charge on any atom is 0.269 e. The minimum absolute atomic E-state index is 0.197. The molecule has 0 aromatic carbocycles. The topological polar surface area (TPSA) is 67.8 Å². The Morgan fingerprint density at radius 1 is 0.842 bits per heavy atom. The van der Waals surface area contributed by atoms with Gasteiger partial charge in [0, 0.05) is 6.61 Å². The van der Waals surface area contributed by atoms with Crippen molar-refractivity contribution < 1.29 is 23.2 Å². The molecule has 1 unspecified atom stereocenters. The fourth-order valence-electron chi connectivity index (χ4n) is 1.58. The van der Waals surface area contributed by atoms with Gasteiger partial charge < -0.3 is 14.2 Å². The molecule has 0 amide bonds. The molecule has 6 heteroatoms. The lowest BCUT2D eigenvalue weighted by Gasteiger charge is -2.22. The van der Waals surface area contributed by atoms with E-state index >= 15 is 0 Å². The summed E-state index contributed by atoms with van der Waals surface area (Å²) in [5, 5.41) is 0. The van der Waals surface area contributed by atoms with Crippen LogP contribution in [-0.2, 0) is 18.3 Å². The lowest BCUT2D eigenvalue weighted by Crippen LogP contribution is -2.11. The van der Waals surface area contributed by atoms with Gasteiger partial charge in [-0.1, -0.05) is 52.4 Å². The van der Waals surface area contributed by atoms with Crippen molar-refractivity contribution in [2.45, 2.75) is 65.2 Å². The van der Waals surface area contributed by atoms with Crippen LogP contribution in [0.3, 0.4) is 0 Å². The van der Waals surface area contributed by atoms with Crippen LogP contribution in [0.1, 0.15) is 65.2 Å². The number of phosphoric ester groups is 1. The third-order valence-corrected chi connectivity index (χ3v) is 3.56. The Morgan fingerprint density at radius 3 is 2.11 bits per heavy atom. The van der Waals surface area contributed by atoms with Gasteiger partial charge in [0.25, 0.3) is 7.82 Å². The van der Waals surface area contributed by atoms with E-state index in [2.05, 4.69) is 11.4 Å². The van der Waals surface area contributed by atoms with E-state index in [4.69, 9.17) is 9.26 Å². The van der Waals surface area contributed by atoms with Gasteiger partial charge in [-0.2, -0.15) is 0 Å². The predicted molar refractivity (Wildman–Crippen MR) is 73.7 cm³/mol. The third kappa shape index (κ3) is 14.3. The molecular formula is C13H28O5P-. The first-order valence-corrected chi connectivity index (χ1v) is 8.76. The van der Waals surface area contributed by atoms with E-state index in [0.29, 0.717) is 6.61 Å². The molecule has 0 N–H and O–H groups in total. The molecule has 116 valence electrons. The van der Waals surface area contributed by atoms with E-state index in [-0.39, 0.29) is 13.4 Å². The first-order chi connectivity index (χ1) is 9.12. The van der Waals surface area contributed by atoms with Crippen LogP contribution >= 0.6 is 7.82 Å². The molecule has 0 aliphatic heterocycles. The molecule has 0 aromatic rings. The molecule has 0 heterocycles. The fraction of sp³-hybridized carbons (Fsp3) is 1.00. The summed E-state index contributed by atoms with van der Waals surface area (Å²) in [5.74, 6) is 0. The summed E-state index contributed by atoms with van der Waals surface area (Å²) in [5.41, 5.74) is 0. The van der Waals surface area contributed by atoms with E-state index in [1.807, 2.05) is 6.92 Å². The minimum atomic E-state index is -4.17. The zero-order chi connectivity index (χ0) is 14.4. The second-order valence-electron chi connectivity index (χ2n) is 4.56. The van der Waals surface area contributed by atoms with Crippen molar-refractivity contribution in [3.8, 4) is 0 Å². The minimum Gasteiger partial charge on any atom is -0.756 e. The molecule has 0 saturated heterocycles. The summed E-state index contributed by atoms with van der Waals surface area (Å²) >= 11 is 0. The van der Waals surface area contributed by atoms with Gasteiger partial charge in [-0.25, -0.2) is 0 Å². The van der Waals surface area contributed by atoms with E-state index in [9.17, 15) is 9.46 Å². The normalized spacial score (nSPS) is 14.5. The second-order valence-corrected chi connectivity index (χ2v) is 5.97. The molecule has 0 aromatic heterocycles. The Hall–Kier alpha value is 0.0700. The Morgan fingerprint density at radius 2 is 1.47 bits per heavy atom. The quantitative estimate of drug-likeness (QED) is 0.278.